The van der Waals surface area contributed by atoms with Gasteiger partial charge in [0.25, 0.3) is 4.82 Å². The summed E-state index contributed by atoms with van der Waals surface area (Å²) in [6.45, 7) is 2.99. The molecule has 10 heavy (non-hydrogen) atoms. The van der Waals surface area contributed by atoms with E-state index in [1.807, 2.05) is 4.90 Å². The van der Waals surface area contributed by atoms with Crippen molar-refractivity contribution in [2.24, 2.45) is 0 Å². The third-order valence-electron chi connectivity index (χ3n) is 1.68. The van der Waals surface area contributed by atoms with Crippen molar-refractivity contribution in [3.05, 3.63) is 0 Å². The van der Waals surface area contributed by atoms with Crippen molar-refractivity contribution in [3.8, 4) is 0 Å². The van der Waals surface area contributed by atoms with Crippen molar-refractivity contribution >= 4 is 20.7 Å². The van der Waals surface area contributed by atoms with E-state index >= 15 is 0 Å². The normalized spacial score (nSPS) is 17.0. The Morgan fingerprint density at radius 3 is 2.60 bits per heavy atom. The summed E-state index contributed by atoms with van der Waals surface area (Å²) in [5, 5.41) is 0. The molecule has 1 fully saturated rings. The number of hydrogen-bond donors (Lipinski definition) is 0. The highest BCUT2D eigenvalue weighted by Gasteiger charge is 2.30. The molecule has 3 heteroatoms. The molecule has 1 saturated carbocycles. The summed E-state index contributed by atoms with van der Waals surface area (Å²) in [5.41, 5.74) is 0. The van der Waals surface area contributed by atoms with Crippen LogP contribution in [-0.4, -0.2) is 22.3 Å². The van der Waals surface area contributed by atoms with Gasteiger partial charge < -0.3 is 4.90 Å². The van der Waals surface area contributed by atoms with Crippen LogP contribution in [0, 0.1) is 0 Å². The van der Waals surface area contributed by atoms with Crippen LogP contribution in [0.5, 0.6) is 0 Å². The minimum Gasteiger partial charge on any atom is -0.330 e. The molecule has 0 bridgehead atoms. The molecule has 58 valence electrons. The second-order valence-corrected chi connectivity index (χ2v) is 3.36. The van der Waals surface area contributed by atoms with Crippen LogP contribution in [0.25, 0.3) is 0 Å². The molecule has 1 aliphatic rings. The summed E-state index contributed by atoms with van der Waals surface area (Å²) in [6, 6.07) is 0.548. The van der Waals surface area contributed by atoms with Crippen LogP contribution in [0.4, 0.5) is 4.79 Å². The zero-order valence-corrected chi connectivity index (χ0v) is 7.73. The summed E-state index contributed by atoms with van der Waals surface area (Å²) >= 11 is 2.97. The zero-order chi connectivity index (χ0) is 7.56. The van der Waals surface area contributed by atoms with Gasteiger partial charge >= 0.3 is 0 Å². The van der Waals surface area contributed by atoms with E-state index in [9.17, 15) is 4.79 Å². The minimum absolute atomic E-state index is 0.0526. The van der Waals surface area contributed by atoms with Crippen molar-refractivity contribution in [1.82, 2.24) is 4.90 Å². The molecule has 0 N–H and O–H groups in total. The third kappa shape index (κ3) is 1.97. The van der Waals surface area contributed by atoms with Gasteiger partial charge in [-0.3, -0.25) is 4.79 Å². The van der Waals surface area contributed by atoms with Gasteiger partial charge in [-0.1, -0.05) is 6.92 Å². The van der Waals surface area contributed by atoms with Crippen molar-refractivity contribution < 1.29 is 4.79 Å². The molecule has 0 aromatic heterocycles. The van der Waals surface area contributed by atoms with E-state index in [1.165, 1.54) is 12.8 Å². The smallest absolute Gasteiger partial charge is 0.289 e. The average molecular weight is 206 g/mol. The molecule has 0 spiro atoms. The highest BCUT2D eigenvalue weighted by atomic mass is 79.9. The number of nitrogens with zero attached hydrogens (tertiary/aromatic N) is 1. The molecule has 0 aliphatic heterocycles. The van der Waals surface area contributed by atoms with Crippen molar-refractivity contribution in [1.29, 1.82) is 0 Å². The molecule has 0 aromatic rings. The summed E-state index contributed by atoms with van der Waals surface area (Å²) in [7, 11) is 0. The molecule has 1 aliphatic carbocycles. The van der Waals surface area contributed by atoms with Gasteiger partial charge in [-0.25, -0.2) is 0 Å². The first-order chi connectivity index (χ1) is 4.75. The van der Waals surface area contributed by atoms with Crippen LogP contribution in [0.2, 0.25) is 0 Å². The summed E-state index contributed by atoms with van der Waals surface area (Å²) < 4.78 is 0. The molecule has 2 nitrogen and oxygen atoms in total. The predicted octanol–water partition coefficient (Wildman–Crippen LogP) is 2.38. The van der Waals surface area contributed by atoms with Gasteiger partial charge in [-0.2, -0.15) is 0 Å². The van der Waals surface area contributed by atoms with Crippen LogP contribution >= 0.6 is 15.9 Å². The first-order valence-electron chi connectivity index (χ1n) is 3.71. The fraction of sp³-hybridized carbons (Fsp3) is 0.857. The zero-order valence-electron chi connectivity index (χ0n) is 6.14. The second kappa shape index (κ2) is 3.37. The maximum Gasteiger partial charge on any atom is 0.289 e. The van der Waals surface area contributed by atoms with Gasteiger partial charge in [0.15, 0.2) is 0 Å². The molecule has 0 unspecified atom stereocenters. The van der Waals surface area contributed by atoms with Crippen LogP contribution in [0.1, 0.15) is 26.2 Å². The van der Waals surface area contributed by atoms with E-state index in [-0.39, 0.29) is 4.82 Å². The van der Waals surface area contributed by atoms with E-state index < -0.39 is 0 Å². The third-order valence-corrected chi connectivity index (χ3v) is 2.13. The number of amides is 1. The van der Waals surface area contributed by atoms with Gasteiger partial charge in [0.1, 0.15) is 0 Å². The Labute approximate surface area is 69.7 Å². The number of halogens is 1. The second-order valence-electron chi connectivity index (χ2n) is 2.68. The Morgan fingerprint density at radius 2 is 2.30 bits per heavy atom. The number of carbonyl (C=O) groups excluding carboxylic acids is 1. The van der Waals surface area contributed by atoms with Crippen molar-refractivity contribution in [2.75, 3.05) is 6.54 Å². The van der Waals surface area contributed by atoms with E-state index in [4.69, 9.17) is 0 Å². The summed E-state index contributed by atoms with van der Waals surface area (Å²) in [4.78, 5) is 12.8. The quantitative estimate of drug-likeness (QED) is 0.512. The Bertz CT molecular complexity index is 134. The first kappa shape index (κ1) is 8.05. The largest absolute Gasteiger partial charge is 0.330 e. The molecule has 1 amide bonds. The van der Waals surface area contributed by atoms with Gasteiger partial charge in [0.2, 0.25) is 0 Å². The monoisotopic (exact) mass is 205 g/mol. The van der Waals surface area contributed by atoms with Gasteiger partial charge in [0.05, 0.1) is 0 Å². The van der Waals surface area contributed by atoms with Crippen LogP contribution < -0.4 is 0 Å². The van der Waals surface area contributed by atoms with Crippen LogP contribution in [-0.2, 0) is 0 Å². The number of carbonyl (C=O) groups is 1. The SMILES string of the molecule is CCCN(C(=O)Br)C1CC1. The molecule has 0 saturated heterocycles. The highest BCUT2D eigenvalue weighted by Crippen LogP contribution is 2.28. The lowest BCUT2D eigenvalue weighted by molar-refractivity contribution is 0.221. The maximum atomic E-state index is 10.9. The van der Waals surface area contributed by atoms with E-state index in [0.29, 0.717) is 6.04 Å². The highest BCUT2D eigenvalue weighted by molar-refractivity contribution is 9.18. The first-order valence-corrected chi connectivity index (χ1v) is 4.51. The molecular formula is C7H12BrNO. The Balaban J connectivity index is 2.34. The molecule has 0 heterocycles. The molecular weight excluding hydrogens is 194 g/mol. The van der Waals surface area contributed by atoms with E-state index in [0.717, 1.165) is 13.0 Å². The lowest BCUT2D eigenvalue weighted by atomic mass is 10.4. The van der Waals surface area contributed by atoms with Gasteiger partial charge in [-0.15, -0.1) is 0 Å². The number of rotatable bonds is 3. The minimum atomic E-state index is 0.0526. The molecule has 0 aromatic carbocycles. The number of hydrogen-bond acceptors (Lipinski definition) is 1. The standard InChI is InChI=1S/C7H12BrNO/c1-2-5-9(7(8)10)6-3-4-6/h6H,2-5H2,1H3. The fourth-order valence-electron chi connectivity index (χ4n) is 1.04. The van der Waals surface area contributed by atoms with Gasteiger partial charge in [0, 0.05) is 28.5 Å². The summed E-state index contributed by atoms with van der Waals surface area (Å²) in [6.07, 6.45) is 3.43. The van der Waals surface area contributed by atoms with Crippen LogP contribution in [0.3, 0.4) is 0 Å². The van der Waals surface area contributed by atoms with E-state index in [1.54, 1.807) is 0 Å². The lowest BCUT2D eigenvalue weighted by Crippen LogP contribution is -2.28. The Morgan fingerprint density at radius 1 is 1.70 bits per heavy atom. The molecule has 0 atom stereocenters. The van der Waals surface area contributed by atoms with Crippen molar-refractivity contribution in [2.45, 2.75) is 32.2 Å². The maximum absolute atomic E-state index is 10.9. The lowest BCUT2D eigenvalue weighted by Gasteiger charge is -2.17. The molecule has 0 radical (unpaired) electrons. The van der Waals surface area contributed by atoms with Crippen molar-refractivity contribution in [3.63, 3.8) is 0 Å². The predicted molar refractivity (Wildman–Crippen MR) is 44.3 cm³/mol. The van der Waals surface area contributed by atoms with Crippen LogP contribution in [0.15, 0.2) is 0 Å². The summed E-state index contributed by atoms with van der Waals surface area (Å²) in [5.74, 6) is 0. The Hall–Kier alpha value is -0.0500. The molecule has 1 rings (SSSR count). The Kier molecular flexibility index (Phi) is 2.72. The fourth-order valence-corrected chi connectivity index (χ4v) is 1.51. The topological polar surface area (TPSA) is 20.3 Å². The van der Waals surface area contributed by atoms with E-state index in [2.05, 4.69) is 22.9 Å². The van der Waals surface area contributed by atoms with Gasteiger partial charge in [-0.05, 0) is 19.3 Å². The average Bonchev–Trinajstić information content (AvgIpc) is 2.63.